The van der Waals surface area contributed by atoms with Gasteiger partial charge < -0.3 is 9.47 Å². The molecule has 3 rings (SSSR count). The number of ether oxygens (including phenoxy) is 2. The monoisotopic (exact) mass is 633 g/mol. The largest absolute Gasteiger partial charge is 0.493 e. The van der Waals surface area contributed by atoms with Crippen molar-refractivity contribution in [1.29, 1.82) is 0 Å². The molecule has 0 N–H and O–H groups in total. The molecule has 1 aliphatic rings. The van der Waals surface area contributed by atoms with Gasteiger partial charge in [0.2, 0.25) is 0 Å². The molecule has 1 saturated heterocycles. The van der Waals surface area contributed by atoms with E-state index in [-0.39, 0.29) is 17.7 Å². The third kappa shape index (κ3) is 5.34. The lowest BCUT2D eigenvalue weighted by Crippen LogP contribution is -2.27. The molecular formula is C21H17I2NO4S. The van der Waals surface area contributed by atoms with Gasteiger partial charge in [-0.05, 0) is 98.4 Å². The maximum atomic E-state index is 12.8. The summed E-state index contributed by atoms with van der Waals surface area (Å²) >= 11 is 5.32. The zero-order valence-electron chi connectivity index (χ0n) is 15.5. The van der Waals surface area contributed by atoms with Crippen molar-refractivity contribution >= 4 is 74.2 Å². The third-order valence-electron chi connectivity index (χ3n) is 4.02. The Hall–Kier alpha value is -1.53. The number of hydrogen-bond acceptors (Lipinski definition) is 5. The molecule has 2 aromatic rings. The van der Waals surface area contributed by atoms with Crippen LogP contribution in [-0.4, -0.2) is 29.8 Å². The average molecular weight is 633 g/mol. The van der Waals surface area contributed by atoms with Gasteiger partial charge >= 0.3 is 0 Å². The molecule has 0 atom stereocenters. The standard InChI is InChI=1S/C21H17I2NO4S/c1-3-8-28-19-16(23)9-14(10-17(19)27-2)11-18-20(25)24(21(26)29-18)12-13-4-6-15(22)7-5-13/h3-7,9-11H,1,8,12H2,2H3/b18-11-. The Morgan fingerprint density at radius 2 is 1.90 bits per heavy atom. The van der Waals surface area contributed by atoms with Crippen LogP contribution in [0.2, 0.25) is 0 Å². The fraction of sp³-hybridized carbons (Fsp3) is 0.143. The first-order valence-electron chi connectivity index (χ1n) is 8.54. The van der Waals surface area contributed by atoms with Crippen molar-refractivity contribution in [3.63, 3.8) is 0 Å². The average Bonchev–Trinajstić information content (AvgIpc) is 2.95. The topological polar surface area (TPSA) is 55.8 Å². The van der Waals surface area contributed by atoms with Gasteiger partial charge in [0.05, 0.1) is 22.1 Å². The normalized spacial score (nSPS) is 15.1. The number of rotatable bonds is 7. The summed E-state index contributed by atoms with van der Waals surface area (Å²) in [5, 5.41) is -0.271. The van der Waals surface area contributed by atoms with Crippen LogP contribution in [0, 0.1) is 7.14 Å². The van der Waals surface area contributed by atoms with E-state index in [2.05, 4.69) is 51.8 Å². The Balaban J connectivity index is 1.84. The van der Waals surface area contributed by atoms with Crippen molar-refractivity contribution in [3.05, 3.63) is 72.2 Å². The Labute approximate surface area is 200 Å². The zero-order valence-corrected chi connectivity index (χ0v) is 20.6. The van der Waals surface area contributed by atoms with Gasteiger partial charge in [-0.15, -0.1) is 0 Å². The van der Waals surface area contributed by atoms with E-state index in [1.54, 1.807) is 25.3 Å². The first-order chi connectivity index (χ1) is 13.9. The number of hydrogen-bond donors (Lipinski definition) is 0. The molecule has 1 fully saturated rings. The number of carbonyl (C=O) groups is 2. The number of methoxy groups -OCH3 is 1. The van der Waals surface area contributed by atoms with Gasteiger partial charge in [0, 0.05) is 3.57 Å². The van der Waals surface area contributed by atoms with Crippen LogP contribution >= 0.6 is 56.9 Å². The molecule has 8 heteroatoms. The number of nitrogens with zero attached hydrogens (tertiary/aromatic N) is 1. The maximum Gasteiger partial charge on any atom is 0.293 e. The molecule has 2 aromatic carbocycles. The third-order valence-corrected chi connectivity index (χ3v) is 6.45. The van der Waals surface area contributed by atoms with Crippen molar-refractivity contribution in [2.24, 2.45) is 0 Å². The molecule has 1 aliphatic heterocycles. The second kappa shape index (κ2) is 9.98. The molecule has 150 valence electrons. The summed E-state index contributed by atoms with van der Waals surface area (Å²) in [4.78, 5) is 26.8. The molecule has 0 aromatic heterocycles. The summed E-state index contributed by atoms with van der Waals surface area (Å²) < 4.78 is 13.0. The van der Waals surface area contributed by atoms with Gasteiger partial charge in [0.1, 0.15) is 6.61 Å². The number of benzene rings is 2. The highest BCUT2D eigenvalue weighted by Crippen LogP contribution is 2.37. The van der Waals surface area contributed by atoms with E-state index < -0.39 is 0 Å². The van der Waals surface area contributed by atoms with E-state index in [0.29, 0.717) is 23.0 Å². The van der Waals surface area contributed by atoms with Crippen LogP contribution < -0.4 is 9.47 Å². The summed E-state index contributed by atoms with van der Waals surface area (Å²) in [5.41, 5.74) is 1.67. The number of carbonyl (C=O) groups excluding carboxylic acids is 2. The molecule has 0 spiro atoms. The van der Waals surface area contributed by atoms with Crippen LogP contribution in [0.1, 0.15) is 11.1 Å². The molecule has 0 aliphatic carbocycles. The van der Waals surface area contributed by atoms with E-state index >= 15 is 0 Å². The van der Waals surface area contributed by atoms with Gasteiger partial charge in [-0.3, -0.25) is 14.5 Å². The second-order valence-electron chi connectivity index (χ2n) is 6.03. The molecule has 5 nitrogen and oxygen atoms in total. The minimum Gasteiger partial charge on any atom is -0.493 e. The Morgan fingerprint density at radius 3 is 2.55 bits per heavy atom. The Morgan fingerprint density at radius 1 is 1.17 bits per heavy atom. The van der Waals surface area contributed by atoms with E-state index in [4.69, 9.17) is 9.47 Å². The van der Waals surface area contributed by atoms with Crippen molar-refractivity contribution in [2.45, 2.75) is 6.54 Å². The van der Waals surface area contributed by atoms with Crippen LogP contribution in [0.5, 0.6) is 11.5 Å². The predicted molar refractivity (Wildman–Crippen MR) is 132 cm³/mol. The molecule has 0 unspecified atom stereocenters. The van der Waals surface area contributed by atoms with E-state index in [9.17, 15) is 9.59 Å². The van der Waals surface area contributed by atoms with Gasteiger partial charge in [0.15, 0.2) is 11.5 Å². The fourth-order valence-electron chi connectivity index (χ4n) is 2.67. The first kappa shape index (κ1) is 22.2. The van der Waals surface area contributed by atoms with Crippen LogP contribution in [-0.2, 0) is 11.3 Å². The van der Waals surface area contributed by atoms with Crippen molar-refractivity contribution in [1.82, 2.24) is 4.90 Å². The molecule has 1 heterocycles. The first-order valence-corrected chi connectivity index (χ1v) is 11.5. The van der Waals surface area contributed by atoms with Crippen LogP contribution in [0.3, 0.4) is 0 Å². The van der Waals surface area contributed by atoms with E-state index in [0.717, 1.165) is 30.0 Å². The smallest absolute Gasteiger partial charge is 0.293 e. The van der Waals surface area contributed by atoms with Gasteiger partial charge in [-0.1, -0.05) is 24.8 Å². The molecule has 2 amide bonds. The lowest BCUT2D eigenvalue weighted by atomic mass is 10.1. The molecule has 29 heavy (non-hydrogen) atoms. The molecule has 0 radical (unpaired) electrons. The predicted octanol–water partition coefficient (Wildman–Crippen LogP) is 5.71. The molecule has 0 saturated carbocycles. The summed E-state index contributed by atoms with van der Waals surface area (Å²) in [7, 11) is 1.56. The Kier molecular flexibility index (Phi) is 7.63. The van der Waals surface area contributed by atoms with Crippen molar-refractivity contribution in [3.8, 4) is 11.5 Å². The van der Waals surface area contributed by atoms with E-state index in [1.165, 1.54) is 4.90 Å². The summed E-state index contributed by atoms with van der Waals surface area (Å²) in [5.74, 6) is 0.889. The maximum absolute atomic E-state index is 12.8. The van der Waals surface area contributed by atoms with Crippen LogP contribution in [0.15, 0.2) is 54.0 Å². The number of amides is 2. The number of imide groups is 1. The van der Waals surface area contributed by atoms with Crippen LogP contribution in [0.4, 0.5) is 4.79 Å². The highest BCUT2D eigenvalue weighted by Gasteiger charge is 2.35. The second-order valence-corrected chi connectivity index (χ2v) is 9.43. The van der Waals surface area contributed by atoms with E-state index in [1.807, 2.05) is 30.3 Å². The highest BCUT2D eigenvalue weighted by molar-refractivity contribution is 14.1. The van der Waals surface area contributed by atoms with Crippen molar-refractivity contribution in [2.75, 3.05) is 13.7 Å². The highest BCUT2D eigenvalue weighted by atomic mass is 127. The van der Waals surface area contributed by atoms with Crippen molar-refractivity contribution < 1.29 is 19.1 Å². The molecule has 0 bridgehead atoms. The van der Waals surface area contributed by atoms with Gasteiger partial charge in [-0.25, -0.2) is 0 Å². The minimum absolute atomic E-state index is 0.258. The summed E-state index contributed by atoms with van der Waals surface area (Å²) in [6.45, 7) is 4.27. The van der Waals surface area contributed by atoms with Crippen LogP contribution in [0.25, 0.3) is 6.08 Å². The fourth-order valence-corrected chi connectivity index (χ4v) is 4.64. The lowest BCUT2D eigenvalue weighted by Gasteiger charge is -2.13. The quantitative estimate of drug-likeness (QED) is 0.223. The Bertz CT molecular complexity index is 989. The lowest BCUT2D eigenvalue weighted by molar-refractivity contribution is -0.123. The summed E-state index contributed by atoms with van der Waals surface area (Å²) in [6.07, 6.45) is 3.37. The summed E-state index contributed by atoms with van der Waals surface area (Å²) in [6, 6.07) is 11.4. The van der Waals surface area contributed by atoms with Gasteiger partial charge in [0.25, 0.3) is 11.1 Å². The van der Waals surface area contributed by atoms with Gasteiger partial charge in [-0.2, -0.15) is 0 Å². The SMILES string of the molecule is C=CCOc1c(I)cc(/C=C2\SC(=O)N(Cc3ccc(I)cc3)C2=O)cc1OC. The molecular weight excluding hydrogens is 616 g/mol. The number of thioether (sulfide) groups is 1. The zero-order chi connectivity index (χ0) is 21.0. The minimum atomic E-state index is -0.292. The number of halogens is 2.